The standard InChI is InChI=1S/C23H17Cl2NO5S/c1-12-9-14(4-7-17(12)24)30-11-15-5-8-18(31-15)22(27)26-13-3-6-16-19(10-13)32-21(20(16)25)23(28)29-2/h3-10H,11H2,1-2H3,(H,26,27). The van der Waals surface area contributed by atoms with Gasteiger partial charge < -0.3 is 19.2 Å². The zero-order valence-corrected chi connectivity index (χ0v) is 19.4. The van der Waals surface area contributed by atoms with Gasteiger partial charge in [0.05, 0.1) is 12.1 Å². The Hall–Kier alpha value is -3.00. The number of thiophene rings is 1. The first-order valence-electron chi connectivity index (χ1n) is 9.45. The van der Waals surface area contributed by atoms with Crippen LogP contribution in [0.25, 0.3) is 10.1 Å². The van der Waals surface area contributed by atoms with E-state index in [9.17, 15) is 9.59 Å². The highest BCUT2D eigenvalue weighted by Gasteiger charge is 2.18. The van der Waals surface area contributed by atoms with Gasteiger partial charge in [-0.25, -0.2) is 4.79 Å². The lowest BCUT2D eigenvalue weighted by Crippen LogP contribution is -2.10. The molecule has 1 N–H and O–H groups in total. The molecule has 0 aliphatic heterocycles. The lowest BCUT2D eigenvalue weighted by molar-refractivity contribution is 0.0606. The predicted molar refractivity (Wildman–Crippen MR) is 125 cm³/mol. The average molecular weight is 490 g/mol. The van der Waals surface area contributed by atoms with Crippen LogP contribution in [0.4, 0.5) is 5.69 Å². The topological polar surface area (TPSA) is 77.8 Å². The van der Waals surface area contributed by atoms with Crippen LogP contribution in [0.3, 0.4) is 0 Å². The molecule has 4 aromatic rings. The van der Waals surface area contributed by atoms with Gasteiger partial charge in [-0.05, 0) is 61.0 Å². The molecule has 2 aromatic heterocycles. The van der Waals surface area contributed by atoms with Crippen molar-refractivity contribution in [3.8, 4) is 5.75 Å². The van der Waals surface area contributed by atoms with Gasteiger partial charge in [-0.2, -0.15) is 0 Å². The molecule has 164 valence electrons. The van der Waals surface area contributed by atoms with Gasteiger partial charge in [0.1, 0.15) is 23.0 Å². The summed E-state index contributed by atoms with van der Waals surface area (Å²) in [6.07, 6.45) is 0. The van der Waals surface area contributed by atoms with Crippen molar-refractivity contribution >= 4 is 62.2 Å². The van der Waals surface area contributed by atoms with Gasteiger partial charge in [-0.15, -0.1) is 11.3 Å². The fourth-order valence-electron chi connectivity index (χ4n) is 3.00. The van der Waals surface area contributed by atoms with E-state index in [0.29, 0.717) is 37.5 Å². The number of fused-ring (bicyclic) bond motifs is 1. The summed E-state index contributed by atoms with van der Waals surface area (Å²) in [5.74, 6) is 0.402. The van der Waals surface area contributed by atoms with Crippen molar-refractivity contribution in [1.82, 2.24) is 0 Å². The molecule has 0 saturated heterocycles. The Labute approximate surface area is 197 Å². The van der Waals surface area contributed by atoms with E-state index in [4.69, 9.17) is 37.1 Å². The van der Waals surface area contributed by atoms with Crippen LogP contribution in [0.2, 0.25) is 10.0 Å². The minimum Gasteiger partial charge on any atom is -0.486 e. The number of carbonyl (C=O) groups is 2. The van der Waals surface area contributed by atoms with Gasteiger partial charge in [0.25, 0.3) is 5.91 Å². The maximum Gasteiger partial charge on any atom is 0.349 e. The van der Waals surface area contributed by atoms with E-state index >= 15 is 0 Å². The number of methoxy groups -OCH3 is 1. The molecule has 0 atom stereocenters. The normalized spacial score (nSPS) is 10.9. The largest absolute Gasteiger partial charge is 0.486 e. The van der Waals surface area contributed by atoms with E-state index in [1.807, 2.05) is 13.0 Å². The monoisotopic (exact) mass is 489 g/mol. The van der Waals surface area contributed by atoms with Crippen molar-refractivity contribution in [2.75, 3.05) is 12.4 Å². The zero-order valence-electron chi connectivity index (χ0n) is 17.0. The fraction of sp³-hybridized carbons (Fsp3) is 0.130. The second-order valence-corrected chi connectivity index (χ2v) is 8.70. The van der Waals surface area contributed by atoms with E-state index in [1.165, 1.54) is 18.4 Å². The molecule has 0 bridgehead atoms. The van der Waals surface area contributed by atoms with Crippen LogP contribution in [-0.4, -0.2) is 19.0 Å². The van der Waals surface area contributed by atoms with Gasteiger partial charge in [0.15, 0.2) is 5.76 Å². The van der Waals surface area contributed by atoms with Crippen LogP contribution in [0, 0.1) is 6.92 Å². The number of ether oxygens (including phenoxy) is 2. The average Bonchev–Trinajstić information content (AvgIpc) is 3.39. The Morgan fingerprint density at radius 3 is 2.66 bits per heavy atom. The summed E-state index contributed by atoms with van der Waals surface area (Å²) in [5.41, 5.74) is 1.45. The van der Waals surface area contributed by atoms with E-state index in [2.05, 4.69) is 5.32 Å². The summed E-state index contributed by atoms with van der Waals surface area (Å²) in [6.45, 7) is 2.06. The third-order valence-corrected chi connectivity index (χ3v) is 6.72. The molecular weight excluding hydrogens is 473 g/mol. The Morgan fingerprint density at radius 1 is 1.09 bits per heavy atom. The molecule has 9 heteroatoms. The maximum absolute atomic E-state index is 12.6. The van der Waals surface area contributed by atoms with Crippen molar-refractivity contribution in [1.29, 1.82) is 0 Å². The van der Waals surface area contributed by atoms with E-state index < -0.39 is 11.9 Å². The highest BCUT2D eigenvalue weighted by molar-refractivity contribution is 7.21. The van der Waals surface area contributed by atoms with Crippen molar-refractivity contribution in [2.24, 2.45) is 0 Å². The third-order valence-electron chi connectivity index (χ3n) is 4.65. The molecule has 0 unspecified atom stereocenters. The highest BCUT2D eigenvalue weighted by Crippen LogP contribution is 2.37. The maximum atomic E-state index is 12.6. The second-order valence-electron chi connectivity index (χ2n) is 6.87. The van der Waals surface area contributed by atoms with Gasteiger partial charge in [-0.1, -0.05) is 23.2 Å². The molecule has 2 aromatic carbocycles. The molecule has 1 amide bonds. The van der Waals surface area contributed by atoms with Crippen molar-refractivity contribution < 1.29 is 23.5 Å². The first-order chi connectivity index (χ1) is 15.4. The highest BCUT2D eigenvalue weighted by atomic mass is 35.5. The predicted octanol–water partition coefficient (Wildman–Crippen LogP) is 6.73. The summed E-state index contributed by atoms with van der Waals surface area (Å²) in [7, 11) is 1.30. The van der Waals surface area contributed by atoms with Crippen LogP contribution in [0.1, 0.15) is 31.6 Å². The molecule has 0 spiro atoms. The van der Waals surface area contributed by atoms with Crippen molar-refractivity contribution in [2.45, 2.75) is 13.5 Å². The molecule has 0 aliphatic rings. The molecule has 0 fully saturated rings. The van der Waals surface area contributed by atoms with Crippen LogP contribution in [-0.2, 0) is 11.3 Å². The Bertz CT molecular complexity index is 1330. The van der Waals surface area contributed by atoms with Crippen molar-refractivity contribution in [3.63, 3.8) is 0 Å². The van der Waals surface area contributed by atoms with Crippen LogP contribution in [0.15, 0.2) is 52.9 Å². The summed E-state index contributed by atoms with van der Waals surface area (Å²) in [4.78, 5) is 24.7. The number of anilines is 1. The van der Waals surface area contributed by atoms with Gasteiger partial charge in [-0.3, -0.25) is 4.79 Å². The number of rotatable bonds is 6. The Balaban J connectivity index is 1.43. The lowest BCUT2D eigenvalue weighted by Gasteiger charge is -2.06. The number of carbonyl (C=O) groups excluding carboxylic acids is 2. The summed E-state index contributed by atoms with van der Waals surface area (Å²) in [6, 6.07) is 13.8. The molecule has 0 radical (unpaired) electrons. The minimum absolute atomic E-state index is 0.149. The molecule has 6 nitrogen and oxygen atoms in total. The molecular formula is C23H17Cl2NO5S. The van der Waals surface area contributed by atoms with Gasteiger partial charge in [0, 0.05) is 20.8 Å². The van der Waals surface area contributed by atoms with Gasteiger partial charge >= 0.3 is 5.97 Å². The first kappa shape index (κ1) is 22.2. The summed E-state index contributed by atoms with van der Waals surface area (Å²) >= 11 is 13.5. The number of hydrogen-bond acceptors (Lipinski definition) is 6. The van der Waals surface area contributed by atoms with Crippen LogP contribution >= 0.6 is 34.5 Å². The number of nitrogens with one attached hydrogen (secondary N) is 1. The molecule has 0 saturated carbocycles. The number of esters is 1. The summed E-state index contributed by atoms with van der Waals surface area (Å²) < 4.78 is 16.8. The molecule has 4 rings (SSSR count). The fourth-order valence-corrected chi connectivity index (χ4v) is 4.58. The van der Waals surface area contributed by atoms with Crippen LogP contribution < -0.4 is 10.1 Å². The number of hydrogen-bond donors (Lipinski definition) is 1. The number of amides is 1. The first-order valence-corrected chi connectivity index (χ1v) is 11.0. The molecule has 2 heterocycles. The van der Waals surface area contributed by atoms with Crippen molar-refractivity contribution in [3.05, 3.63) is 80.5 Å². The number of aryl methyl sites for hydroxylation is 1. The molecule has 32 heavy (non-hydrogen) atoms. The quantitative estimate of drug-likeness (QED) is 0.304. The SMILES string of the molecule is COC(=O)c1sc2cc(NC(=O)c3ccc(COc4ccc(Cl)c(C)c4)o3)ccc2c1Cl. The number of benzene rings is 2. The van der Waals surface area contributed by atoms with Crippen LogP contribution in [0.5, 0.6) is 5.75 Å². The summed E-state index contributed by atoms with van der Waals surface area (Å²) in [5, 5.41) is 4.50. The lowest BCUT2D eigenvalue weighted by atomic mass is 10.2. The number of halogens is 2. The Kier molecular flexibility index (Phi) is 6.41. The Morgan fingerprint density at radius 2 is 1.91 bits per heavy atom. The van der Waals surface area contributed by atoms with Gasteiger partial charge in [0.2, 0.25) is 0 Å². The van der Waals surface area contributed by atoms with E-state index in [0.717, 1.165) is 10.3 Å². The zero-order chi connectivity index (χ0) is 22.8. The van der Waals surface area contributed by atoms with E-state index in [1.54, 1.807) is 42.5 Å². The minimum atomic E-state index is -0.499. The third kappa shape index (κ3) is 4.60. The second kappa shape index (κ2) is 9.24. The molecule has 0 aliphatic carbocycles. The number of furan rings is 1. The van der Waals surface area contributed by atoms with E-state index in [-0.39, 0.29) is 12.4 Å². The smallest absolute Gasteiger partial charge is 0.349 e.